The molecule has 0 amide bonds. The Bertz CT molecular complexity index is 783. The molecule has 0 radical (unpaired) electrons. The van der Waals surface area contributed by atoms with Gasteiger partial charge in [-0.2, -0.15) is 0 Å². The predicted octanol–water partition coefficient (Wildman–Crippen LogP) is 2.80. The fourth-order valence-corrected chi connectivity index (χ4v) is 3.62. The molecule has 2 fully saturated rings. The Labute approximate surface area is 182 Å². The molecular formula is C21H30ClN5O3. The van der Waals surface area contributed by atoms with E-state index in [0.717, 1.165) is 38.0 Å². The van der Waals surface area contributed by atoms with Crippen molar-refractivity contribution in [3.05, 3.63) is 29.7 Å². The lowest BCUT2D eigenvalue weighted by Gasteiger charge is -2.15. The highest BCUT2D eigenvalue weighted by molar-refractivity contribution is 6.32. The number of nitrogens with zero attached hydrogens (tertiary/aromatic N) is 4. The first-order valence-electron chi connectivity index (χ1n) is 10.5. The Balaban J connectivity index is 0.000000310. The van der Waals surface area contributed by atoms with E-state index in [-0.39, 0.29) is 12.1 Å². The van der Waals surface area contributed by atoms with Crippen molar-refractivity contribution >= 4 is 17.5 Å². The largest absolute Gasteiger partial charge is 0.492 e. The van der Waals surface area contributed by atoms with Crippen LogP contribution in [0.1, 0.15) is 32.1 Å². The number of nitrogens with two attached hydrogens (primary N) is 1. The fraction of sp³-hybridized carbons (Fsp3) is 0.571. The minimum absolute atomic E-state index is 0.182. The van der Waals surface area contributed by atoms with E-state index in [4.69, 9.17) is 31.9 Å². The number of halogens is 1. The van der Waals surface area contributed by atoms with Crippen molar-refractivity contribution < 1.29 is 14.6 Å². The highest BCUT2D eigenvalue weighted by atomic mass is 35.5. The van der Waals surface area contributed by atoms with Crippen molar-refractivity contribution in [3.8, 4) is 17.0 Å². The maximum Gasteiger partial charge on any atom is 0.220 e. The summed E-state index contributed by atoms with van der Waals surface area (Å²) in [6.45, 7) is 5.55. The molecule has 2 aromatic rings. The van der Waals surface area contributed by atoms with Gasteiger partial charge < -0.3 is 25.2 Å². The Morgan fingerprint density at radius 2 is 2.07 bits per heavy atom. The third-order valence-electron chi connectivity index (χ3n) is 4.97. The Hall–Kier alpha value is -2.00. The van der Waals surface area contributed by atoms with Gasteiger partial charge >= 0.3 is 0 Å². The summed E-state index contributed by atoms with van der Waals surface area (Å²) in [6, 6.07) is 1.87. The molecule has 0 aliphatic carbocycles. The molecule has 4 heterocycles. The van der Waals surface area contributed by atoms with Crippen LogP contribution in [0.3, 0.4) is 0 Å². The van der Waals surface area contributed by atoms with Gasteiger partial charge in [0.1, 0.15) is 5.75 Å². The fourth-order valence-electron chi connectivity index (χ4n) is 3.42. The molecule has 164 valence electrons. The molecule has 0 aromatic carbocycles. The molecule has 1 atom stereocenters. The minimum Gasteiger partial charge on any atom is -0.492 e. The molecule has 4 rings (SSSR count). The van der Waals surface area contributed by atoms with E-state index < -0.39 is 0 Å². The quantitative estimate of drug-likeness (QED) is 0.667. The molecule has 30 heavy (non-hydrogen) atoms. The lowest BCUT2D eigenvalue weighted by Crippen LogP contribution is -2.21. The van der Waals surface area contributed by atoms with Gasteiger partial charge in [-0.1, -0.05) is 11.6 Å². The maximum absolute atomic E-state index is 8.78. The van der Waals surface area contributed by atoms with Crippen LogP contribution < -0.4 is 10.5 Å². The normalized spacial score (nSPS) is 19.2. The van der Waals surface area contributed by atoms with Crippen molar-refractivity contribution in [2.24, 2.45) is 0 Å². The van der Waals surface area contributed by atoms with E-state index in [1.807, 2.05) is 6.07 Å². The number of aromatic nitrogens is 3. The first-order chi connectivity index (χ1) is 14.6. The van der Waals surface area contributed by atoms with Crippen LogP contribution in [0.4, 0.5) is 5.95 Å². The van der Waals surface area contributed by atoms with Gasteiger partial charge in [0.15, 0.2) is 0 Å². The van der Waals surface area contributed by atoms with Gasteiger partial charge in [-0.15, -0.1) is 0 Å². The molecule has 3 N–H and O–H groups in total. The van der Waals surface area contributed by atoms with Gasteiger partial charge in [0.05, 0.1) is 42.4 Å². The van der Waals surface area contributed by atoms with E-state index in [0.29, 0.717) is 29.7 Å². The molecule has 0 spiro atoms. The maximum atomic E-state index is 8.78. The van der Waals surface area contributed by atoms with Gasteiger partial charge in [0.25, 0.3) is 0 Å². The van der Waals surface area contributed by atoms with Gasteiger partial charge in [0, 0.05) is 24.9 Å². The van der Waals surface area contributed by atoms with Crippen LogP contribution in [0.25, 0.3) is 11.3 Å². The minimum atomic E-state index is -0.186. The summed E-state index contributed by atoms with van der Waals surface area (Å²) in [7, 11) is 0. The lowest BCUT2D eigenvalue weighted by atomic mass is 10.2. The summed E-state index contributed by atoms with van der Waals surface area (Å²) in [4.78, 5) is 14.7. The van der Waals surface area contributed by atoms with Crippen LogP contribution in [-0.2, 0) is 4.74 Å². The standard InChI is InChI=1S/C16H20ClN5O.C5H10O2/c17-14-11-20-16(18)21-15(14)12-8-13(10-19-9-12)23-7-3-6-22-4-1-2-5-22;6-5-2-1-3-7-4-5/h8-11H,1-7H2,(H2,18,20,21);5-6H,1-4H2. The number of pyridine rings is 1. The zero-order chi connectivity index (χ0) is 21.2. The molecule has 2 aromatic heterocycles. The van der Waals surface area contributed by atoms with E-state index in [1.54, 1.807) is 12.4 Å². The SMILES string of the molecule is Nc1ncc(Cl)c(-c2cncc(OCCCN3CCCC3)c2)n1.OC1CCCOC1. The highest BCUT2D eigenvalue weighted by Crippen LogP contribution is 2.27. The van der Waals surface area contributed by atoms with Crippen LogP contribution in [0.15, 0.2) is 24.7 Å². The summed E-state index contributed by atoms with van der Waals surface area (Å²) < 4.78 is 10.7. The summed E-state index contributed by atoms with van der Waals surface area (Å²) >= 11 is 6.13. The van der Waals surface area contributed by atoms with Crippen molar-refractivity contribution in [1.29, 1.82) is 0 Å². The van der Waals surface area contributed by atoms with Gasteiger partial charge in [-0.3, -0.25) is 4.98 Å². The zero-order valence-corrected chi connectivity index (χ0v) is 17.9. The summed E-state index contributed by atoms with van der Waals surface area (Å²) in [5.74, 6) is 0.888. The summed E-state index contributed by atoms with van der Waals surface area (Å²) in [6.07, 6.45) is 10.2. The van der Waals surface area contributed by atoms with E-state index in [2.05, 4.69) is 19.9 Å². The Morgan fingerprint density at radius 3 is 2.77 bits per heavy atom. The highest BCUT2D eigenvalue weighted by Gasteiger charge is 2.11. The average Bonchev–Trinajstić information content (AvgIpc) is 3.28. The van der Waals surface area contributed by atoms with E-state index >= 15 is 0 Å². The molecule has 2 saturated heterocycles. The molecule has 0 bridgehead atoms. The smallest absolute Gasteiger partial charge is 0.220 e. The second-order valence-corrected chi connectivity index (χ2v) is 7.86. The predicted molar refractivity (Wildman–Crippen MR) is 117 cm³/mol. The molecule has 2 aliphatic rings. The van der Waals surface area contributed by atoms with Crippen LogP contribution >= 0.6 is 11.6 Å². The van der Waals surface area contributed by atoms with Crippen LogP contribution in [0, 0.1) is 0 Å². The van der Waals surface area contributed by atoms with Crippen molar-refractivity contribution in [1.82, 2.24) is 19.9 Å². The zero-order valence-electron chi connectivity index (χ0n) is 17.2. The average molecular weight is 436 g/mol. The third-order valence-corrected chi connectivity index (χ3v) is 5.25. The Kier molecular flexibility index (Phi) is 9.07. The molecule has 9 heteroatoms. The lowest BCUT2D eigenvalue weighted by molar-refractivity contribution is -0.00535. The molecule has 2 aliphatic heterocycles. The molecule has 8 nitrogen and oxygen atoms in total. The van der Waals surface area contributed by atoms with Crippen molar-refractivity contribution in [3.63, 3.8) is 0 Å². The summed E-state index contributed by atoms with van der Waals surface area (Å²) in [5.41, 5.74) is 6.95. The van der Waals surface area contributed by atoms with Gasteiger partial charge in [-0.25, -0.2) is 9.97 Å². The number of rotatable bonds is 6. The van der Waals surface area contributed by atoms with Gasteiger partial charge in [0.2, 0.25) is 5.95 Å². The van der Waals surface area contributed by atoms with Gasteiger partial charge in [-0.05, 0) is 51.3 Å². The first kappa shape index (κ1) is 22.7. The second kappa shape index (κ2) is 12.0. The van der Waals surface area contributed by atoms with Crippen LogP contribution in [-0.4, -0.2) is 70.5 Å². The number of ether oxygens (including phenoxy) is 2. The monoisotopic (exact) mass is 435 g/mol. The molecule has 1 unspecified atom stereocenters. The van der Waals surface area contributed by atoms with Crippen molar-refractivity contribution in [2.45, 2.75) is 38.2 Å². The number of hydrogen-bond acceptors (Lipinski definition) is 8. The van der Waals surface area contributed by atoms with Crippen LogP contribution in [0.5, 0.6) is 5.75 Å². The number of anilines is 1. The van der Waals surface area contributed by atoms with E-state index in [9.17, 15) is 0 Å². The third kappa shape index (κ3) is 7.36. The second-order valence-electron chi connectivity index (χ2n) is 7.46. The first-order valence-corrected chi connectivity index (χ1v) is 10.8. The van der Waals surface area contributed by atoms with Crippen molar-refractivity contribution in [2.75, 3.05) is 45.2 Å². The van der Waals surface area contributed by atoms with E-state index in [1.165, 1.54) is 32.1 Å². The number of aliphatic hydroxyl groups excluding tert-OH is 1. The van der Waals surface area contributed by atoms with Crippen LogP contribution in [0.2, 0.25) is 5.02 Å². The topological polar surface area (TPSA) is 107 Å². The molecule has 0 saturated carbocycles. The number of aliphatic hydroxyl groups is 1. The Morgan fingerprint density at radius 1 is 1.23 bits per heavy atom. The molecular weight excluding hydrogens is 406 g/mol. The summed E-state index contributed by atoms with van der Waals surface area (Å²) in [5, 5.41) is 9.22. The number of likely N-dealkylation sites (tertiary alicyclic amines) is 1. The number of nitrogen functional groups attached to an aromatic ring is 1. The number of hydrogen-bond donors (Lipinski definition) is 2.